The van der Waals surface area contributed by atoms with Crippen molar-refractivity contribution in [2.24, 2.45) is 0 Å². The summed E-state index contributed by atoms with van der Waals surface area (Å²) < 4.78 is 0. The Hall–Kier alpha value is -1.30. The van der Waals surface area contributed by atoms with E-state index in [4.69, 9.17) is 11.6 Å². The Morgan fingerprint density at radius 1 is 1.42 bits per heavy atom. The predicted molar refractivity (Wildman–Crippen MR) is 72.1 cm³/mol. The van der Waals surface area contributed by atoms with Gasteiger partial charge >= 0.3 is 0 Å². The summed E-state index contributed by atoms with van der Waals surface area (Å²) in [6.07, 6.45) is -1.92. The third-order valence-corrected chi connectivity index (χ3v) is 3.08. The summed E-state index contributed by atoms with van der Waals surface area (Å²) in [5, 5.41) is 32.0. The zero-order chi connectivity index (χ0) is 14.6. The van der Waals surface area contributed by atoms with Crippen molar-refractivity contribution in [3.05, 3.63) is 28.3 Å². The molecule has 0 fully saturated rings. The fourth-order valence-electron chi connectivity index (χ4n) is 1.71. The third kappa shape index (κ3) is 4.38. The van der Waals surface area contributed by atoms with E-state index >= 15 is 0 Å². The van der Waals surface area contributed by atoms with Crippen LogP contribution in [0.2, 0.25) is 5.02 Å². The van der Waals surface area contributed by atoms with Crippen LogP contribution >= 0.6 is 11.6 Å². The molecule has 0 aliphatic heterocycles. The molecule has 0 spiro atoms. The Bertz CT molecular complexity index is 441. The van der Waals surface area contributed by atoms with Crippen LogP contribution in [0.3, 0.4) is 0 Å². The Morgan fingerprint density at radius 3 is 2.58 bits per heavy atom. The number of aromatic hydroxyl groups is 1. The molecule has 1 aromatic carbocycles. The number of phenolic OH excluding ortho intramolecular Hbond substituents is 1. The van der Waals surface area contributed by atoms with Crippen LogP contribution in [0.1, 0.15) is 30.6 Å². The van der Waals surface area contributed by atoms with Gasteiger partial charge in [-0.25, -0.2) is 0 Å². The van der Waals surface area contributed by atoms with Crippen molar-refractivity contribution < 1.29 is 20.1 Å². The number of carbonyl (C=O) groups excluding carboxylic acids is 1. The highest BCUT2D eigenvalue weighted by atomic mass is 35.5. The van der Waals surface area contributed by atoms with Crippen molar-refractivity contribution in [3.8, 4) is 5.75 Å². The number of benzene rings is 1. The molecule has 0 aromatic heterocycles. The van der Waals surface area contributed by atoms with Crippen molar-refractivity contribution >= 4 is 17.5 Å². The normalized spacial score (nSPS) is 13.9. The smallest absolute Gasteiger partial charge is 0.216 e. The number of carbonyl (C=O) groups is 1. The van der Waals surface area contributed by atoms with Gasteiger partial charge in [0.1, 0.15) is 11.9 Å². The van der Waals surface area contributed by atoms with E-state index in [9.17, 15) is 20.1 Å². The predicted octanol–water partition coefficient (Wildman–Crippen LogP) is 1.27. The van der Waals surface area contributed by atoms with Crippen LogP contribution in [0, 0.1) is 6.92 Å². The van der Waals surface area contributed by atoms with Crippen LogP contribution in [0.15, 0.2) is 12.1 Å². The van der Waals surface area contributed by atoms with Gasteiger partial charge in [0, 0.05) is 13.5 Å². The highest BCUT2D eigenvalue weighted by Crippen LogP contribution is 2.31. The fourth-order valence-corrected chi connectivity index (χ4v) is 1.98. The average Bonchev–Trinajstić information content (AvgIpc) is 2.33. The molecular weight excluding hydrogens is 270 g/mol. The van der Waals surface area contributed by atoms with Crippen LogP contribution in [-0.4, -0.2) is 33.9 Å². The van der Waals surface area contributed by atoms with Crippen LogP contribution in [0.4, 0.5) is 0 Å². The number of hydrogen-bond acceptors (Lipinski definition) is 4. The number of aliphatic hydroxyl groups excluding tert-OH is 2. The molecule has 0 aliphatic carbocycles. The molecule has 4 N–H and O–H groups in total. The molecule has 6 heteroatoms. The van der Waals surface area contributed by atoms with Crippen molar-refractivity contribution in [2.45, 2.75) is 32.5 Å². The number of amides is 1. The molecule has 0 radical (unpaired) electrons. The molecule has 1 amide bonds. The van der Waals surface area contributed by atoms with E-state index in [2.05, 4.69) is 5.32 Å². The van der Waals surface area contributed by atoms with Gasteiger partial charge in [-0.2, -0.15) is 0 Å². The molecule has 0 heterocycles. The Labute approximate surface area is 116 Å². The SMILES string of the molecule is CC(=O)NCCC(O)C(O)c1cc(C)c(O)c(Cl)c1. The number of rotatable bonds is 5. The van der Waals surface area contributed by atoms with Gasteiger partial charge in [-0.15, -0.1) is 0 Å². The number of nitrogens with one attached hydrogen (secondary N) is 1. The quantitative estimate of drug-likeness (QED) is 0.657. The average molecular weight is 288 g/mol. The number of aryl methyl sites for hydroxylation is 1. The van der Waals surface area contributed by atoms with E-state index in [1.807, 2.05) is 0 Å². The third-order valence-electron chi connectivity index (χ3n) is 2.80. The van der Waals surface area contributed by atoms with Gasteiger partial charge in [0.25, 0.3) is 0 Å². The van der Waals surface area contributed by atoms with Gasteiger partial charge in [-0.1, -0.05) is 11.6 Å². The lowest BCUT2D eigenvalue weighted by Gasteiger charge is -2.19. The van der Waals surface area contributed by atoms with Crippen LogP contribution in [-0.2, 0) is 4.79 Å². The Kier molecular flexibility index (Phi) is 5.60. The summed E-state index contributed by atoms with van der Waals surface area (Å²) in [6, 6.07) is 2.98. The highest BCUT2D eigenvalue weighted by molar-refractivity contribution is 6.32. The molecule has 0 aliphatic rings. The lowest BCUT2D eigenvalue weighted by Crippen LogP contribution is -2.27. The summed E-state index contributed by atoms with van der Waals surface area (Å²) >= 11 is 5.81. The molecule has 19 heavy (non-hydrogen) atoms. The van der Waals surface area contributed by atoms with Crippen molar-refractivity contribution in [1.29, 1.82) is 0 Å². The second kappa shape index (κ2) is 6.75. The first-order valence-electron chi connectivity index (χ1n) is 5.92. The molecule has 106 valence electrons. The lowest BCUT2D eigenvalue weighted by atomic mass is 10.00. The van der Waals surface area contributed by atoms with Gasteiger partial charge in [0.05, 0.1) is 11.1 Å². The van der Waals surface area contributed by atoms with E-state index in [-0.39, 0.29) is 29.6 Å². The first-order valence-corrected chi connectivity index (χ1v) is 6.30. The molecule has 1 rings (SSSR count). The largest absolute Gasteiger partial charge is 0.506 e. The standard InChI is InChI=1S/C13H18ClNO4/c1-7-5-9(6-10(14)12(7)18)13(19)11(17)3-4-15-8(2)16/h5-6,11,13,17-19H,3-4H2,1-2H3,(H,15,16). The molecule has 2 unspecified atom stereocenters. The maximum absolute atomic E-state index is 10.7. The first-order chi connectivity index (χ1) is 8.82. The topological polar surface area (TPSA) is 89.8 Å². The number of phenols is 1. The molecule has 1 aromatic rings. The molecule has 2 atom stereocenters. The molecule has 0 saturated heterocycles. The van der Waals surface area contributed by atoms with E-state index in [1.54, 1.807) is 13.0 Å². The summed E-state index contributed by atoms with van der Waals surface area (Å²) in [4.78, 5) is 10.7. The van der Waals surface area contributed by atoms with Gasteiger partial charge in [0.15, 0.2) is 0 Å². The minimum Gasteiger partial charge on any atom is -0.506 e. The zero-order valence-electron chi connectivity index (χ0n) is 10.9. The number of hydrogen-bond donors (Lipinski definition) is 4. The van der Waals surface area contributed by atoms with Crippen molar-refractivity contribution in [3.63, 3.8) is 0 Å². The van der Waals surface area contributed by atoms with Gasteiger partial charge < -0.3 is 20.6 Å². The van der Waals surface area contributed by atoms with Crippen molar-refractivity contribution in [2.75, 3.05) is 6.54 Å². The van der Waals surface area contributed by atoms with Crippen molar-refractivity contribution in [1.82, 2.24) is 5.32 Å². The number of aliphatic hydroxyl groups is 2. The molecule has 5 nitrogen and oxygen atoms in total. The fraction of sp³-hybridized carbons (Fsp3) is 0.462. The molecular formula is C13H18ClNO4. The van der Waals surface area contributed by atoms with E-state index in [0.717, 1.165) is 0 Å². The second-order valence-corrected chi connectivity index (χ2v) is 4.86. The van der Waals surface area contributed by atoms with E-state index in [1.165, 1.54) is 13.0 Å². The van der Waals surface area contributed by atoms with Gasteiger partial charge in [-0.3, -0.25) is 4.79 Å². The summed E-state index contributed by atoms with van der Waals surface area (Å²) in [5.74, 6) is -0.226. The van der Waals surface area contributed by atoms with Crippen LogP contribution in [0.5, 0.6) is 5.75 Å². The second-order valence-electron chi connectivity index (χ2n) is 4.45. The minimum atomic E-state index is -1.12. The molecule has 0 bridgehead atoms. The molecule has 0 saturated carbocycles. The summed E-state index contributed by atoms with van der Waals surface area (Å²) in [7, 11) is 0. The van der Waals surface area contributed by atoms with E-state index in [0.29, 0.717) is 11.1 Å². The first kappa shape index (κ1) is 15.8. The van der Waals surface area contributed by atoms with Crippen LogP contribution in [0.25, 0.3) is 0 Å². The maximum atomic E-state index is 10.7. The van der Waals surface area contributed by atoms with Gasteiger partial charge in [0.2, 0.25) is 5.91 Å². The number of halogens is 1. The highest BCUT2D eigenvalue weighted by Gasteiger charge is 2.20. The van der Waals surface area contributed by atoms with E-state index < -0.39 is 12.2 Å². The minimum absolute atomic E-state index is 0.0367. The maximum Gasteiger partial charge on any atom is 0.216 e. The zero-order valence-corrected chi connectivity index (χ0v) is 11.6. The Balaban J connectivity index is 2.71. The lowest BCUT2D eigenvalue weighted by molar-refractivity contribution is -0.119. The monoisotopic (exact) mass is 287 g/mol. The van der Waals surface area contributed by atoms with Crippen LogP contribution < -0.4 is 5.32 Å². The summed E-state index contributed by atoms with van der Waals surface area (Å²) in [6.45, 7) is 3.31. The summed E-state index contributed by atoms with van der Waals surface area (Å²) in [5.41, 5.74) is 0.950. The van der Waals surface area contributed by atoms with Gasteiger partial charge in [-0.05, 0) is 36.6 Å². The Morgan fingerprint density at radius 2 is 2.05 bits per heavy atom.